The van der Waals surface area contributed by atoms with E-state index in [4.69, 9.17) is 16.3 Å². The minimum atomic E-state index is 0.283. The van der Waals surface area contributed by atoms with Gasteiger partial charge in [0.2, 0.25) is 5.88 Å². The van der Waals surface area contributed by atoms with Crippen LogP contribution in [0.25, 0.3) is 5.69 Å². The first kappa shape index (κ1) is 14.5. The van der Waals surface area contributed by atoms with Crippen molar-refractivity contribution in [3.8, 4) is 11.6 Å². The van der Waals surface area contributed by atoms with Gasteiger partial charge >= 0.3 is 0 Å². The van der Waals surface area contributed by atoms with Crippen LogP contribution in [-0.2, 0) is 6.61 Å². The number of aromatic nitrogens is 5. The molecule has 0 N–H and O–H groups in total. The van der Waals surface area contributed by atoms with Crippen LogP contribution in [0.5, 0.6) is 5.88 Å². The van der Waals surface area contributed by atoms with Crippen LogP contribution in [0, 0.1) is 13.8 Å². The molecule has 0 aliphatic heterocycles. The lowest BCUT2D eigenvalue weighted by Gasteiger charge is -2.04. The van der Waals surface area contributed by atoms with Crippen LogP contribution in [0.3, 0.4) is 0 Å². The van der Waals surface area contributed by atoms with Gasteiger partial charge in [-0.1, -0.05) is 16.8 Å². The highest BCUT2D eigenvalue weighted by Gasteiger charge is 2.06. The number of hydrogen-bond acceptors (Lipinski definition) is 5. The third kappa shape index (κ3) is 3.23. The summed E-state index contributed by atoms with van der Waals surface area (Å²) in [5.74, 6) is 0.476. The summed E-state index contributed by atoms with van der Waals surface area (Å²) >= 11 is 5.87. The molecule has 0 fully saturated rings. The van der Waals surface area contributed by atoms with Crippen LogP contribution < -0.4 is 4.74 Å². The molecule has 6 nitrogen and oxygen atoms in total. The van der Waals surface area contributed by atoms with Crippen LogP contribution in [0.15, 0.2) is 36.7 Å². The topological polar surface area (TPSA) is 65.7 Å². The summed E-state index contributed by atoms with van der Waals surface area (Å²) in [6.07, 6.45) is 3.41. The van der Waals surface area contributed by atoms with Crippen molar-refractivity contribution < 1.29 is 4.74 Å². The summed E-state index contributed by atoms with van der Waals surface area (Å²) in [4.78, 5) is 8.52. The molecule has 0 aliphatic carbocycles. The molecule has 2 heterocycles. The maximum absolute atomic E-state index is 5.87. The second kappa shape index (κ2) is 6.11. The molecule has 0 atom stereocenters. The zero-order valence-electron chi connectivity index (χ0n) is 12.2. The molecule has 0 radical (unpaired) electrons. The molecule has 3 rings (SSSR count). The van der Waals surface area contributed by atoms with Crippen LogP contribution in [0.2, 0.25) is 5.02 Å². The van der Waals surface area contributed by atoms with E-state index in [0.717, 1.165) is 17.1 Å². The number of ether oxygens (including phenoxy) is 1. The Kier molecular flexibility index (Phi) is 4.02. The van der Waals surface area contributed by atoms with Crippen molar-refractivity contribution in [2.75, 3.05) is 0 Å². The average Bonchev–Trinajstić information content (AvgIpc) is 2.98. The van der Waals surface area contributed by atoms with Crippen LogP contribution >= 0.6 is 11.6 Å². The molecule has 0 unspecified atom stereocenters. The predicted octanol–water partition coefficient (Wildman–Crippen LogP) is 2.91. The number of halogens is 1. The lowest BCUT2D eigenvalue weighted by molar-refractivity contribution is 0.287. The number of hydrogen-bond donors (Lipinski definition) is 0. The van der Waals surface area contributed by atoms with E-state index in [1.165, 1.54) is 0 Å². The lowest BCUT2D eigenvalue weighted by Crippen LogP contribution is -2.00. The second-order valence-electron chi connectivity index (χ2n) is 4.80. The largest absolute Gasteiger partial charge is 0.470 e. The first-order chi connectivity index (χ1) is 10.6. The molecule has 0 saturated carbocycles. The Balaban J connectivity index is 1.69. The Labute approximate surface area is 132 Å². The van der Waals surface area contributed by atoms with Gasteiger partial charge < -0.3 is 4.74 Å². The standard InChI is InChI=1S/C15H14ClN5O/c1-10-11(2)18-15(7-17-10)22-9-13-8-21(20-19-13)14-5-3-12(16)4-6-14/h3-8H,9H2,1-2H3. The highest BCUT2D eigenvalue weighted by atomic mass is 35.5. The molecule has 0 spiro atoms. The Morgan fingerprint density at radius 3 is 2.64 bits per heavy atom. The van der Waals surface area contributed by atoms with Gasteiger partial charge in [-0.15, -0.1) is 5.10 Å². The van der Waals surface area contributed by atoms with Crippen molar-refractivity contribution in [3.63, 3.8) is 0 Å². The van der Waals surface area contributed by atoms with Gasteiger partial charge in [-0.05, 0) is 38.1 Å². The normalized spacial score (nSPS) is 10.7. The van der Waals surface area contributed by atoms with E-state index in [2.05, 4.69) is 20.3 Å². The summed E-state index contributed by atoms with van der Waals surface area (Å²) in [5.41, 5.74) is 3.33. The number of rotatable bonds is 4. The van der Waals surface area contributed by atoms with E-state index in [1.807, 2.05) is 26.0 Å². The third-order valence-electron chi connectivity index (χ3n) is 3.17. The molecule has 0 bridgehead atoms. The zero-order valence-corrected chi connectivity index (χ0v) is 12.9. The minimum Gasteiger partial charge on any atom is -0.470 e. The number of nitrogens with zero attached hydrogens (tertiary/aromatic N) is 5. The molecule has 22 heavy (non-hydrogen) atoms. The van der Waals surface area contributed by atoms with Crippen molar-refractivity contribution >= 4 is 11.6 Å². The molecular formula is C15H14ClN5O. The maximum Gasteiger partial charge on any atom is 0.232 e. The summed E-state index contributed by atoms with van der Waals surface area (Å²) in [5, 5.41) is 8.83. The van der Waals surface area contributed by atoms with E-state index in [1.54, 1.807) is 29.2 Å². The van der Waals surface area contributed by atoms with E-state index < -0.39 is 0 Å². The maximum atomic E-state index is 5.87. The molecule has 2 aromatic heterocycles. The Bertz CT molecular complexity index is 785. The average molecular weight is 316 g/mol. The molecular weight excluding hydrogens is 302 g/mol. The monoisotopic (exact) mass is 315 g/mol. The first-order valence-electron chi connectivity index (χ1n) is 6.72. The fraction of sp³-hybridized carbons (Fsp3) is 0.200. The van der Waals surface area contributed by atoms with Gasteiger partial charge in [-0.3, -0.25) is 4.98 Å². The van der Waals surface area contributed by atoms with Gasteiger partial charge in [0.25, 0.3) is 0 Å². The smallest absolute Gasteiger partial charge is 0.232 e. The van der Waals surface area contributed by atoms with Crippen LogP contribution in [-0.4, -0.2) is 25.0 Å². The van der Waals surface area contributed by atoms with E-state index in [0.29, 0.717) is 16.6 Å². The van der Waals surface area contributed by atoms with Crippen molar-refractivity contribution in [2.24, 2.45) is 0 Å². The van der Waals surface area contributed by atoms with Gasteiger partial charge in [-0.25, -0.2) is 9.67 Å². The van der Waals surface area contributed by atoms with Crippen LogP contribution in [0.4, 0.5) is 0 Å². The van der Waals surface area contributed by atoms with Gasteiger partial charge in [0.15, 0.2) is 0 Å². The third-order valence-corrected chi connectivity index (χ3v) is 3.42. The molecule has 0 amide bonds. The molecule has 0 saturated heterocycles. The fourth-order valence-electron chi connectivity index (χ4n) is 1.82. The van der Waals surface area contributed by atoms with E-state index >= 15 is 0 Å². The van der Waals surface area contributed by atoms with Crippen molar-refractivity contribution in [1.82, 2.24) is 25.0 Å². The number of aryl methyl sites for hydroxylation is 2. The summed E-state index contributed by atoms with van der Waals surface area (Å²) in [6.45, 7) is 4.08. The number of benzene rings is 1. The fourth-order valence-corrected chi connectivity index (χ4v) is 1.95. The highest BCUT2D eigenvalue weighted by Crippen LogP contribution is 2.14. The van der Waals surface area contributed by atoms with Gasteiger partial charge in [0.1, 0.15) is 12.3 Å². The lowest BCUT2D eigenvalue weighted by atomic mass is 10.3. The SMILES string of the molecule is Cc1ncc(OCc2cn(-c3ccc(Cl)cc3)nn2)nc1C. The highest BCUT2D eigenvalue weighted by molar-refractivity contribution is 6.30. The predicted molar refractivity (Wildman–Crippen MR) is 82.2 cm³/mol. The quantitative estimate of drug-likeness (QED) is 0.740. The summed E-state index contributed by atoms with van der Waals surface area (Å²) in [7, 11) is 0. The molecule has 7 heteroatoms. The zero-order chi connectivity index (χ0) is 15.5. The summed E-state index contributed by atoms with van der Waals surface area (Å²) in [6, 6.07) is 7.35. The molecule has 3 aromatic rings. The Hall–Kier alpha value is -2.47. The summed E-state index contributed by atoms with van der Waals surface area (Å²) < 4.78 is 7.25. The van der Waals surface area contributed by atoms with Crippen molar-refractivity contribution in [1.29, 1.82) is 0 Å². The Morgan fingerprint density at radius 1 is 1.14 bits per heavy atom. The van der Waals surface area contributed by atoms with Gasteiger partial charge in [-0.2, -0.15) is 0 Å². The van der Waals surface area contributed by atoms with Crippen molar-refractivity contribution in [3.05, 3.63) is 58.8 Å². The molecule has 112 valence electrons. The molecule has 0 aliphatic rings. The van der Waals surface area contributed by atoms with Gasteiger partial charge in [0.05, 0.1) is 29.5 Å². The van der Waals surface area contributed by atoms with E-state index in [-0.39, 0.29) is 6.61 Å². The minimum absolute atomic E-state index is 0.283. The molecule has 1 aromatic carbocycles. The van der Waals surface area contributed by atoms with Gasteiger partial charge in [0, 0.05) is 5.02 Å². The van der Waals surface area contributed by atoms with Crippen molar-refractivity contribution in [2.45, 2.75) is 20.5 Å². The second-order valence-corrected chi connectivity index (χ2v) is 5.24. The van der Waals surface area contributed by atoms with Crippen LogP contribution in [0.1, 0.15) is 17.1 Å². The van der Waals surface area contributed by atoms with E-state index in [9.17, 15) is 0 Å². The Morgan fingerprint density at radius 2 is 1.91 bits per heavy atom. The first-order valence-corrected chi connectivity index (χ1v) is 7.10.